The first kappa shape index (κ1) is 20.6. The highest BCUT2D eigenvalue weighted by Crippen LogP contribution is 2.40. The molecule has 6 heteroatoms. The Balaban J connectivity index is 1.91. The summed E-state index contributed by atoms with van der Waals surface area (Å²) < 4.78 is 10.4. The third kappa shape index (κ3) is 3.66. The van der Waals surface area contributed by atoms with Gasteiger partial charge in [0, 0.05) is 19.2 Å². The summed E-state index contributed by atoms with van der Waals surface area (Å²) in [6, 6.07) is 19.5. The van der Waals surface area contributed by atoms with Crippen LogP contribution >= 0.6 is 0 Å². The van der Waals surface area contributed by atoms with E-state index in [1.54, 1.807) is 37.4 Å². The fraction of sp³-hybridized carbons (Fsp3) is 0.200. The molecule has 1 aliphatic rings. The molecular formula is C25H23NO5. The first-order chi connectivity index (χ1) is 15.1. The summed E-state index contributed by atoms with van der Waals surface area (Å²) in [5, 5.41) is 13.0. The Morgan fingerprint density at radius 1 is 0.968 bits per heavy atom. The summed E-state index contributed by atoms with van der Waals surface area (Å²) in [7, 11) is 3.11. The number of aliphatic hydroxyl groups is 1. The van der Waals surface area contributed by atoms with E-state index in [2.05, 4.69) is 0 Å². The molecule has 1 atom stereocenters. The number of ether oxygens (including phenoxy) is 2. The van der Waals surface area contributed by atoms with Crippen molar-refractivity contribution >= 4 is 28.2 Å². The number of amides is 1. The van der Waals surface area contributed by atoms with E-state index in [1.165, 1.54) is 12.0 Å². The molecule has 158 valence electrons. The highest BCUT2D eigenvalue weighted by molar-refractivity contribution is 6.46. The number of benzene rings is 3. The van der Waals surface area contributed by atoms with Gasteiger partial charge in [0.05, 0.1) is 25.3 Å². The zero-order valence-corrected chi connectivity index (χ0v) is 17.4. The lowest BCUT2D eigenvalue weighted by Crippen LogP contribution is -2.32. The average Bonchev–Trinajstić information content (AvgIpc) is 3.06. The molecule has 31 heavy (non-hydrogen) atoms. The van der Waals surface area contributed by atoms with Gasteiger partial charge in [-0.1, -0.05) is 54.6 Å². The zero-order chi connectivity index (χ0) is 22.0. The SMILES string of the molecule is COCCN1C(=O)C(=O)/C(=C(\O)c2cccc3ccccc23)C1c1ccc(OC)cc1. The Hall–Kier alpha value is -3.64. The number of rotatable bonds is 6. The molecule has 4 rings (SSSR count). The van der Waals surface area contributed by atoms with Crippen LogP contribution in [0.3, 0.4) is 0 Å². The average molecular weight is 417 g/mol. The van der Waals surface area contributed by atoms with Crippen molar-refractivity contribution in [3.63, 3.8) is 0 Å². The van der Waals surface area contributed by atoms with Crippen molar-refractivity contribution in [2.24, 2.45) is 0 Å². The third-order valence-corrected chi connectivity index (χ3v) is 5.55. The third-order valence-electron chi connectivity index (χ3n) is 5.55. The van der Waals surface area contributed by atoms with Gasteiger partial charge in [-0.3, -0.25) is 9.59 Å². The molecule has 1 heterocycles. The second-order valence-electron chi connectivity index (χ2n) is 7.29. The van der Waals surface area contributed by atoms with Crippen molar-refractivity contribution in [3.8, 4) is 5.75 Å². The van der Waals surface area contributed by atoms with Gasteiger partial charge in [0.25, 0.3) is 11.7 Å². The number of nitrogens with zero attached hydrogens (tertiary/aromatic N) is 1. The first-order valence-corrected chi connectivity index (χ1v) is 9.96. The number of Topliss-reactive ketones (excluding diaryl/α,β-unsaturated/α-hetero) is 1. The van der Waals surface area contributed by atoms with Gasteiger partial charge >= 0.3 is 0 Å². The fourth-order valence-corrected chi connectivity index (χ4v) is 4.01. The molecule has 0 aromatic heterocycles. The number of fused-ring (bicyclic) bond motifs is 1. The van der Waals surface area contributed by atoms with Crippen molar-refractivity contribution in [1.82, 2.24) is 4.90 Å². The minimum absolute atomic E-state index is 0.0719. The summed E-state index contributed by atoms with van der Waals surface area (Å²) >= 11 is 0. The van der Waals surface area contributed by atoms with Gasteiger partial charge in [-0.15, -0.1) is 0 Å². The van der Waals surface area contributed by atoms with Gasteiger partial charge < -0.3 is 19.5 Å². The Morgan fingerprint density at radius 2 is 1.68 bits per heavy atom. The maximum absolute atomic E-state index is 13.1. The number of likely N-dealkylation sites (tertiary alicyclic amines) is 1. The van der Waals surface area contributed by atoms with Crippen molar-refractivity contribution in [3.05, 3.63) is 83.4 Å². The molecular weight excluding hydrogens is 394 g/mol. The number of hydrogen-bond donors (Lipinski definition) is 1. The van der Waals surface area contributed by atoms with E-state index in [-0.39, 0.29) is 24.5 Å². The van der Waals surface area contributed by atoms with E-state index in [0.29, 0.717) is 16.9 Å². The van der Waals surface area contributed by atoms with Crippen LogP contribution in [0.25, 0.3) is 16.5 Å². The monoisotopic (exact) mass is 417 g/mol. The zero-order valence-electron chi connectivity index (χ0n) is 17.4. The normalized spacial score (nSPS) is 18.0. The highest BCUT2D eigenvalue weighted by Gasteiger charge is 2.46. The molecule has 0 saturated carbocycles. The van der Waals surface area contributed by atoms with Gasteiger partial charge in [-0.2, -0.15) is 0 Å². The van der Waals surface area contributed by atoms with E-state index in [1.807, 2.05) is 36.4 Å². The lowest BCUT2D eigenvalue weighted by Gasteiger charge is -2.25. The topological polar surface area (TPSA) is 76.1 Å². The smallest absolute Gasteiger partial charge is 0.295 e. The molecule has 1 fully saturated rings. The van der Waals surface area contributed by atoms with Gasteiger partial charge in [-0.25, -0.2) is 0 Å². The quantitative estimate of drug-likeness (QED) is 0.374. The number of carbonyl (C=O) groups is 2. The van der Waals surface area contributed by atoms with Crippen molar-refractivity contribution in [1.29, 1.82) is 0 Å². The second kappa shape index (κ2) is 8.62. The Morgan fingerprint density at radius 3 is 2.39 bits per heavy atom. The Bertz CT molecular complexity index is 1160. The lowest BCUT2D eigenvalue weighted by molar-refractivity contribution is -0.140. The van der Waals surface area contributed by atoms with E-state index >= 15 is 0 Å². The van der Waals surface area contributed by atoms with Crippen LogP contribution in [0, 0.1) is 0 Å². The molecule has 1 aliphatic heterocycles. The molecule has 1 unspecified atom stereocenters. The first-order valence-electron chi connectivity index (χ1n) is 9.96. The number of hydrogen-bond acceptors (Lipinski definition) is 5. The van der Waals surface area contributed by atoms with Gasteiger partial charge in [0.1, 0.15) is 11.5 Å². The maximum Gasteiger partial charge on any atom is 0.295 e. The number of aliphatic hydroxyl groups excluding tert-OH is 1. The van der Waals surface area contributed by atoms with E-state index < -0.39 is 17.7 Å². The minimum Gasteiger partial charge on any atom is -0.507 e. The van der Waals surface area contributed by atoms with Gasteiger partial charge in [0.15, 0.2) is 0 Å². The summed E-state index contributed by atoms with van der Waals surface area (Å²) in [5.74, 6) is -0.885. The van der Waals surface area contributed by atoms with Crippen molar-refractivity contribution < 1.29 is 24.2 Å². The Kier molecular flexibility index (Phi) is 5.73. The van der Waals surface area contributed by atoms with Gasteiger partial charge in [0.2, 0.25) is 0 Å². The largest absolute Gasteiger partial charge is 0.507 e. The van der Waals surface area contributed by atoms with Gasteiger partial charge in [-0.05, 0) is 28.5 Å². The van der Waals surface area contributed by atoms with Crippen LogP contribution < -0.4 is 4.74 Å². The molecule has 0 aliphatic carbocycles. The number of carbonyl (C=O) groups excluding carboxylic acids is 2. The predicted octanol–water partition coefficient (Wildman–Crippen LogP) is 3.92. The molecule has 0 radical (unpaired) electrons. The van der Waals surface area contributed by atoms with Crippen molar-refractivity contribution in [2.45, 2.75) is 6.04 Å². The standard InChI is InChI=1S/C25H23NO5/c1-30-15-14-26-22(17-10-12-18(31-2)13-11-17)21(24(28)25(26)29)23(27)20-9-5-7-16-6-3-4-8-19(16)20/h3-13,22,27H,14-15H2,1-2H3/b23-21-. The molecule has 6 nitrogen and oxygen atoms in total. The molecule has 3 aromatic rings. The molecule has 0 bridgehead atoms. The predicted molar refractivity (Wildman–Crippen MR) is 118 cm³/mol. The molecule has 1 amide bonds. The lowest BCUT2D eigenvalue weighted by atomic mass is 9.93. The second-order valence-corrected chi connectivity index (χ2v) is 7.29. The number of methoxy groups -OCH3 is 2. The molecule has 1 saturated heterocycles. The summed E-state index contributed by atoms with van der Waals surface area (Å²) in [6.45, 7) is 0.498. The number of ketones is 1. The van der Waals surface area contributed by atoms with E-state index in [9.17, 15) is 14.7 Å². The van der Waals surface area contributed by atoms with Crippen LogP contribution in [0.2, 0.25) is 0 Å². The maximum atomic E-state index is 13.1. The van der Waals surface area contributed by atoms with E-state index in [0.717, 1.165) is 10.8 Å². The molecule has 3 aromatic carbocycles. The fourth-order valence-electron chi connectivity index (χ4n) is 4.01. The van der Waals surface area contributed by atoms with Crippen LogP contribution in [0.1, 0.15) is 17.2 Å². The van der Waals surface area contributed by atoms with Crippen LogP contribution in [-0.4, -0.2) is 49.1 Å². The van der Waals surface area contributed by atoms with Crippen LogP contribution in [-0.2, 0) is 14.3 Å². The minimum atomic E-state index is -0.722. The molecule has 0 spiro atoms. The molecule has 1 N–H and O–H groups in total. The highest BCUT2D eigenvalue weighted by atomic mass is 16.5. The van der Waals surface area contributed by atoms with Crippen molar-refractivity contribution in [2.75, 3.05) is 27.4 Å². The summed E-state index contributed by atoms with van der Waals surface area (Å²) in [5.41, 5.74) is 1.29. The summed E-state index contributed by atoms with van der Waals surface area (Å²) in [6.07, 6.45) is 0. The summed E-state index contributed by atoms with van der Waals surface area (Å²) in [4.78, 5) is 27.4. The Labute approximate surface area is 180 Å². The van der Waals surface area contributed by atoms with Crippen LogP contribution in [0.15, 0.2) is 72.3 Å². The van der Waals surface area contributed by atoms with E-state index in [4.69, 9.17) is 9.47 Å². The van der Waals surface area contributed by atoms with Crippen LogP contribution in [0.4, 0.5) is 0 Å². The van der Waals surface area contributed by atoms with Crippen LogP contribution in [0.5, 0.6) is 5.75 Å².